The number of hydrogen-bond acceptors (Lipinski definition) is 5. The number of hydrogen-bond donors (Lipinski definition) is 1. The summed E-state index contributed by atoms with van der Waals surface area (Å²) < 4.78 is 5.40. The van der Waals surface area contributed by atoms with Gasteiger partial charge in [0.05, 0.1) is 18.1 Å². The monoisotopic (exact) mass is 450 g/mol. The molecule has 0 saturated heterocycles. The van der Waals surface area contributed by atoms with Crippen LogP contribution >= 0.6 is 11.6 Å². The summed E-state index contributed by atoms with van der Waals surface area (Å²) in [6, 6.07) is 16.8. The summed E-state index contributed by atoms with van der Waals surface area (Å²) in [5.41, 5.74) is 9.80. The van der Waals surface area contributed by atoms with Crippen LogP contribution in [0.3, 0.4) is 0 Å². The Hall–Kier alpha value is -3.05. The Morgan fingerprint density at radius 3 is 2.41 bits per heavy atom. The van der Waals surface area contributed by atoms with Crippen LogP contribution < -0.4 is 10.6 Å². The first kappa shape index (κ1) is 22.2. The van der Waals surface area contributed by atoms with Crippen molar-refractivity contribution in [3.63, 3.8) is 0 Å². The van der Waals surface area contributed by atoms with Gasteiger partial charge in [-0.15, -0.1) is 0 Å². The van der Waals surface area contributed by atoms with E-state index in [-0.39, 0.29) is 23.4 Å². The predicted molar refractivity (Wildman–Crippen MR) is 126 cm³/mol. The number of benzene rings is 2. The number of rotatable bonds is 4. The highest BCUT2D eigenvalue weighted by molar-refractivity contribution is 6.30. The maximum atomic E-state index is 13.6. The third-order valence-electron chi connectivity index (χ3n) is 5.97. The topological polar surface area (TPSA) is 72.6 Å². The van der Waals surface area contributed by atoms with Gasteiger partial charge < -0.3 is 10.5 Å². The smallest absolute Gasteiger partial charge is 0.338 e. The van der Waals surface area contributed by atoms with Crippen LogP contribution in [0.5, 0.6) is 0 Å². The number of Topliss-reactive ketones (excluding diaryl/α,β-unsaturated/α-hetero) is 1. The third-order valence-corrected chi connectivity index (χ3v) is 6.23. The normalized spacial score (nSPS) is 20.3. The number of nitrogens with two attached hydrogens (primary N) is 1. The van der Waals surface area contributed by atoms with Crippen LogP contribution in [0.1, 0.15) is 45.1 Å². The average Bonchev–Trinajstić information content (AvgIpc) is 2.73. The molecule has 0 amide bonds. The summed E-state index contributed by atoms with van der Waals surface area (Å²) >= 11 is 6.12. The van der Waals surface area contributed by atoms with Gasteiger partial charge in [0.2, 0.25) is 0 Å². The average molecular weight is 451 g/mol. The van der Waals surface area contributed by atoms with E-state index < -0.39 is 11.9 Å². The van der Waals surface area contributed by atoms with Crippen molar-refractivity contribution in [2.45, 2.75) is 39.5 Å². The maximum Gasteiger partial charge on any atom is 0.338 e. The number of carbonyl (C=O) groups is 2. The van der Waals surface area contributed by atoms with E-state index in [9.17, 15) is 9.59 Å². The molecule has 0 fully saturated rings. The summed E-state index contributed by atoms with van der Waals surface area (Å²) in [4.78, 5) is 28.6. The molecule has 0 saturated carbocycles. The summed E-state index contributed by atoms with van der Waals surface area (Å²) in [6.07, 6.45) is 1.05. The van der Waals surface area contributed by atoms with Crippen molar-refractivity contribution in [1.82, 2.24) is 0 Å². The van der Waals surface area contributed by atoms with Gasteiger partial charge in [0, 0.05) is 28.4 Å². The van der Waals surface area contributed by atoms with Crippen molar-refractivity contribution in [1.29, 1.82) is 0 Å². The van der Waals surface area contributed by atoms with Crippen molar-refractivity contribution in [2.75, 3.05) is 11.5 Å². The van der Waals surface area contributed by atoms with Crippen LogP contribution in [0.4, 0.5) is 5.69 Å². The molecular weight excluding hydrogens is 424 g/mol. The molecule has 2 aromatic carbocycles. The van der Waals surface area contributed by atoms with Crippen LogP contribution in [-0.4, -0.2) is 18.4 Å². The summed E-state index contributed by atoms with van der Waals surface area (Å²) in [7, 11) is 0. The first-order chi connectivity index (χ1) is 15.2. The molecule has 32 heavy (non-hydrogen) atoms. The zero-order valence-electron chi connectivity index (χ0n) is 18.5. The van der Waals surface area contributed by atoms with Gasteiger partial charge in [-0.3, -0.25) is 9.69 Å². The molecule has 1 atom stereocenters. The van der Waals surface area contributed by atoms with Crippen LogP contribution in [-0.2, 0) is 14.3 Å². The summed E-state index contributed by atoms with van der Waals surface area (Å²) in [5, 5.41) is 0.579. The van der Waals surface area contributed by atoms with Crippen LogP contribution in [0, 0.1) is 5.41 Å². The molecule has 1 heterocycles. The molecule has 2 N–H and O–H groups in total. The van der Waals surface area contributed by atoms with Gasteiger partial charge >= 0.3 is 5.97 Å². The molecule has 0 aromatic heterocycles. The Morgan fingerprint density at radius 1 is 1.12 bits per heavy atom. The van der Waals surface area contributed by atoms with E-state index in [0.29, 0.717) is 29.3 Å². The third kappa shape index (κ3) is 3.93. The van der Waals surface area contributed by atoms with Gasteiger partial charge in [-0.25, -0.2) is 4.79 Å². The van der Waals surface area contributed by atoms with Gasteiger partial charge in [-0.1, -0.05) is 55.8 Å². The van der Waals surface area contributed by atoms with E-state index in [2.05, 4.69) is 13.8 Å². The van der Waals surface area contributed by atoms with Gasteiger partial charge in [0.25, 0.3) is 0 Å². The molecular formula is C26H27ClN2O3. The van der Waals surface area contributed by atoms with E-state index in [0.717, 1.165) is 16.9 Å². The Morgan fingerprint density at radius 2 is 1.78 bits per heavy atom. The van der Waals surface area contributed by atoms with Crippen LogP contribution in [0.15, 0.2) is 77.3 Å². The second-order valence-electron chi connectivity index (χ2n) is 8.98. The minimum Gasteiger partial charge on any atom is -0.463 e. The van der Waals surface area contributed by atoms with Crippen molar-refractivity contribution in [3.8, 4) is 0 Å². The quantitative estimate of drug-likeness (QED) is 0.638. The van der Waals surface area contributed by atoms with E-state index >= 15 is 0 Å². The number of ether oxygens (including phenoxy) is 1. The molecule has 0 spiro atoms. The van der Waals surface area contributed by atoms with E-state index in [1.54, 1.807) is 19.1 Å². The van der Waals surface area contributed by atoms with Crippen molar-refractivity contribution in [2.24, 2.45) is 11.1 Å². The Labute approximate surface area is 193 Å². The lowest BCUT2D eigenvalue weighted by Gasteiger charge is -2.44. The van der Waals surface area contributed by atoms with Crippen molar-refractivity contribution in [3.05, 3.63) is 87.8 Å². The van der Waals surface area contributed by atoms with Crippen LogP contribution in [0.25, 0.3) is 0 Å². The largest absolute Gasteiger partial charge is 0.463 e. The zero-order valence-corrected chi connectivity index (χ0v) is 19.3. The highest BCUT2D eigenvalue weighted by Gasteiger charge is 2.46. The van der Waals surface area contributed by atoms with E-state index in [4.69, 9.17) is 22.1 Å². The number of carbonyl (C=O) groups excluding carboxylic acids is 2. The van der Waals surface area contributed by atoms with Crippen molar-refractivity contribution >= 4 is 29.0 Å². The fourth-order valence-corrected chi connectivity index (χ4v) is 4.80. The van der Waals surface area contributed by atoms with Gasteiger partial charge in [-0.2, -0.15) is 0 Å². The number of halogens is 1. The van der Waals surface area contributed by atoms with Crippen LogP contribution in [0.2, 0.25) is 5.02 Å². The van der Waals surface area contributed by atoms with Crippen molar-refractivity contribution < 1.29 is 14.3 Å². The summed E-state index contributed by atoms with van der Waals surface area (Å²) in [6.45, 7) is 6.12. The Kier molecular flexibility index (Phi) is 5.87. The number of esters is 1. The highest BCUT2D eigenvalue weighted by atomic mass is 35.5. The molecule has 1 aliphatic heterocycles. The molecule has 1 aliphatic carbocycles. The predicted octanol–water partition coefficient (Wildman–Crippen LogP) is 5.32. The standard InChI is InChI=1S/C26H27ClN2O3/c1-4-32-25(31)23-21(16-10-12-17(27)13-11-16)22-19(14-26(2,3)15-20(22)30)29(24(23)28)18-8-6-5-7-9-18/h5-13,21H,4,14-15,28H2,1-3H3. The fourth-order valence-electron chi connectivity index (χ4n) is 4.68. The lowest BCUT2D eigenvalue weighted by atomic mass is 9.68. The van der Waals surface area contributed by atoms with Gasteiger partial charge in [0.1, 0.15) is 5.82 Å². The van der Waals surface area contributed by atoms with E-state index in [1.807, 2.05) is 47.4 Å². The van der Waals surface area contributed by atoms with E-state index in [1.165, 1.54) is 0 Å². The number of nitrogens with zero attached hydrogens (tertiary/aromatic N) is 1. The lowest BCUT2D eigenvalue weighted by Crippen LogP contribution is -2.43. The minimum absolute atomic E-state index is 0.0198. The molecule has 166 valence electrons. The molecule has 2 aliphatic rings. The van der Waals surface area contributed by atoms with Gasteiger partial charge in [-0.05, 0) is 48.6 Å². The first-order valence-corrected chi connectivity index (χ1v) is 11.1. The summed E-state index contributed by atoms with van der Waals surface area (Å²) in [5.74, 6) is -0.815. The minimum atomic E-state index is -0.607. The zero-order chi connectivity index (χ0) is 23.0. The number of para-hydroxylation sites is 1. The molecule has 1 unspecified atom stereocenters. The number of ketones is 1. The molecule has 6 heteroatoms. The lowest BCUT2D eigenvalue weighted by molar-refractivity contribution is -0.138. The fraction of sp³-hybridized carbons (Fsp3) is 0.308. The second-order valence-corrected chi connectivity index (χ2v) is 9.41. The first-order valence-electron chi connectivity index (χ1n) is 10.8. The second kappa shape index (κ2) is 8.47. The number of allylic oxidation sites excluding steroid dienone is 2. The molecule has 4 rings (SSSR count). The highest BCUT2D eigenvalue weighted by Crippen LogP contribution is 2.50. The SMILES string of the molecule is CCOC(=O)C1=C(N)N(c2ccccc2)C2=C(C(=O)CC(C)(C)C2)C1c1ccc(Cl)cc1. The molecule has 0 radical (unpaired) electrons. The maximum absolute atomic E-state index is 13.6. The number of anilines is 1. The Balaban J connectivity index is 2.01. The van der Waals surface area contributed by atoms with Gasteiger partial charge in [0.15, 0.2) is 5.78 Å². The Bertz CT molecular complexity index is 1120. The molecule has 2 aromatic rings. The molecule has 0 bridgehead atoms. The molecule has 5 nitrogen and oxygen atoms in total.